The van der Waals surface area contributed by atoms with Crippen molar-refractivity contribution in [1.82, 2.24) is 14.7 Å². The second-order valence-electron chi connectivity index (χ2n) is 9.46. The maximum absolute atomic E-state index is 12.6. The lowest BCUT2D eigenvalue weighted by molar-refractivity contribution is 0.118. The predicted molar refractivity (Wildman–Crippen MR) is 130 cm³/mol. The highest BCUT2D eigenvalue weighted by atomic mass is 16.6. The van der Waals surface area contributed by atoms with Crippen molar-refractivity contribution in [3.05, 3.63) is 35.9 Å². The monoisotopic (exact) mass is 452 g/mol. The highest BCUT2D eigenvalue weighted by Crippen LogP contribution is 2.26. The summed E-state index contributed by atoms with van der Waals surface area (Å²) in [5.41, 5.74) is 0.979. The molecule has 2 saturated heterocycles. The van der Waals surface area contributed by atoms with Gasteiger partial charge in [0.25, 0.3) is 0 Å². The maximum Gasteiger partial charge on any atom is 0.415 e. The average Bonchev–Trinajstić information content (AvgIpc) is 3.49. The molecule has 0 aliphatic carbocycles. The van der Waals surface area contributed by atoms with Crippen molar-refractivity contribution >= 4 is 23.6 Å². The van der Waals surface area contributed by atoms with E-state index in [0.717, 1.165) is 75.5 Å². The summed E-state index contributed by atoms with van der Waals surface area (Å²) in [5.74, 6) is 3.19. The third-order valence-electron chi connectivity index (χ3n) is 7.06. The summed E-state index contributed by atoms with van der Waals surface area (Å²) >= 11 is 0. The minimum Gasteiger partial charge on any atom is -0.444 e. The number of rotatable bonds is 6. The Morgan fingerprint density at radius 2 is 1.73 bits per heavy atom. The van der Waals surface area contributed by atoms with Gasteiger partial charge in [0.1, 0.15) is 12.4 Å². The fourth-order valence-electron chi connectivity index (χ4n) is 5.04. The first-order chi connectivity index (χ1) is 16.0. The Morgan fingerprint density at radius 3 is 2.45 bits per heavy atom. The molecular formula is C25H36N6O2. The van der Waals surface area contributed by atoms with Crippen LogP contribution in [0.4, 0.5) is 4.79 Å². The van der Waals surface area contributed by atoms with Gasteiger partial charge in [-0.2, -0.15) is 0 Å². The van der Waals surface area contributed by atoms with E-state index in [-0.39, 0.29) is 12.7 Å². The second-order valence-corrected chi connectivity index (χ2v) is 9.46. The third kappa shape index (κ3) is 6.12. The van der Waals surface area contributed by atoms with Crippen molar-refractivity contribution in [3.63, 3.8) is 0 Å². The Bertz CT molecular complexity index is 878. The zero-order valence-corrected chi connectivity index (χ0v) is 19.6. The van der Waals surface area contributed by atoms with E-state index in [4.69, 9.17) is 15.6 Å². The maximum atomic E-state index is 12.6. The summed E-state index contributed by atoms with van der Waals surface area (Å²) in [7, 11) is 0. The molecule has 3 heterocycles. The van der Waals surface area contributed by atoms with Crippen LogP contribution < -0.4 is 0 Å². The number of piperidine rings is 1. The van der Waals surface area contributed by atoms with Crippen LogP contribution in [0, 0.1) is 22.7 Å². The lowest BCUT2D eigenvalue weighted by atomic mass is 9.92. The molecule has 8 heteroatoms. The van der Waals surface area contributed by atoms with Crippen LogP contribution in [0.3, 0.4) is 0 Å². The van der Waals surface area contributed by atoms with E-state index in [1.54, 1.807) is 4.90 Å². The molecule has 0 bridgehead atoms. The Morgan fingerprint density at radius 1 is 1.03 bits per heavy atom. The van der Waals surface area contributed by atoms with Crippen LogP contribution in [-0.2, 0) is 11.3 Å². The van der Waals surface area contributed by atoms with Crippen LogP contribution in [0.15, 0.2) is 35.3 Å². The SMILES string of the molecule is CC(=N)N1CCC(CC(=N)N2CCC(CC3=NCCN3C(=O)OCc3ccccc3)C2)CC1. The predicted octanol–water partition coefficient (Wildman–Crippen LogP) is 3.83. The zero-order valence-electron chi connectivity index (χ0n) is 19.6. The fraction of sp³-hybridized carbons (Fsp3) is 0.600. The van der Waals surface area contributed by atoms with Crippen molar-refractivity contribution in [2.24, 2.45) is 16.8 Å². The molecule has 178 valence electrons. The van der Waals surface area contributed by atoms with Gasteiger partial charge in [0.15, 0.2) is 0 Å². The van der Waals surface area contributed by atoms with Crippen LogP contribution in [0.1, 0.15) is 44.6 Å². The van der Waals surface area contributed by atoms with Gasteiger partial charge in [-0.05, 0) is 43.6 Å². The second kappa shape index (κ2) is 10.8. The Balaban J connectivity index is 1.21. The van der Waals surface area contributed by atoms with E-state index >= 15 is 0 Å². The Hall–Kier alpha value is -2.90. The van der Waals surface area contributed by atoms with E-state index < -0.39 is 0 Å². The standard InChI is InChI=1S/C25H36N6O2/c1-19(26)29-11-7-20(8-12-29)15-23(27)30-13-9-22(17-30)16-24-28-10-14-31(24)25(32)33-18-21-5-3-2-4-6-21/h2-6,20,22,26-27H,7-18H2,1H3. The van der Waals surface area contributed by atoms with Gasteiger partial charge in [-0.1, -0.05) is 30.3 Å². The molecule has 0 aromatic heterocycles. The number of carbonyl (C=O) groups excluding carboxylic acids is 1. The number of hydrogen-bond donors (Lipinski definition) is 2. The van der Waals surface area contributed by atoms with Crippen LogP contribution in [-0.4, -0.2) is 77.6 Å². The van der Waals surface area contributed by atoms with Gasteiger partial charge in [-0.3, -0.25) is 20.7 Å². The number of hydrogen-bond acceptors (Lipinski definition) is 5. The summed E-state index contributed by atoms with van der Waals surface area (Å²) < 4.78 is 5.52. The highest BCUT2D eigenvalue weighted by Gasteiger charge is 2.32. The number of amides is 1. The molecule has 2 fully saturated rings. The van der Waals surface area contributed by atoms with E-state index in [1.807, 2.05) is 37.3 Å². The Labute approximate surface area is 196 Å². The number of carbonyl (C=O) groups is 1. The van der Waals surface area contributed by atoms with Gasteiger partial charge in [-0.15, -0.1) is 0 Å². The number of aliphatic imine (C=N–C) groups is 1. The van der Waals surface area contributed by atoms with Crippen molar-refractivity contribution in [2.75, 3.05) is 39.3 Å². The lowest BCUT2D eigenvalue weighted by Gasteiger charge is -2.33. The summed E-state index contributed by atoms with van der Waals surface area (Å²) in [5, 5.41) is 16.4. The number of ether oxygens (including phenoxy) is 1. The summed E-state index contributed by atoms with van der Waals surface area (Å²) in [6.45, 7) is 7.00. The average molecular weight is 453 g/mol. The van der Waals surface area contributed by atoms with Crippen LogP contribution in [0.5, 0.6) is 0 Å². The van der Waals surface area contributed by atoms with Crippen LogP contribution >= 0.6 is 0 Å². The molecule has 0 saturated carbocycles. The topological polar surface area (TPSA) is 96.1 Å². The first-order valence-electron chi connectivity index (χ1n) is 12.1. The van der Waals surface area contributed by atoms with Gasteiger partial charge in [0, 0.05) is 39.0 Å². The number of amidine groups is 3. The van der Waals surface area contributed by atoms with Gasteiger partial charge >= 0.3 is 6.09 Å². The largest absolute Gasteiger partial charge is 0.444 e. The van der Waals surface area contributed by atoms with Crippen molar-refractivity contribution in [1.29, 1.82) is 10.8 Å². The molecule has 3 aliphatic rings. The van der Waals surface area contributed by atoms with E-state index in [2.05, 4.69) is 14.8 Å². The molecule has 8 nitrogen and oxygen atoms in total. The molecule has 0 spiro atoms. The number of nitrogens with zero attached hydrogens (tertiary/aromatic N) is 4. The van der Waals surface area contributed by atoms with Gasteiger partial charge in [0.05, 0.1) is 24.8 Å². The molecular weight excluding hydrogens is 416 g/mol. The number of benzene rings is 1. The van der Waals surface area contributed by atoms with Crippen LogP contribution in [0.2, 0.25) is 0 Å². The first-order valence-corrected chi connectivity index (χ1v) is 12.1. The van der Waals surface area contributed by atoms with Gasteiger partial charge < -0.3 is 14.5 Å². The molecule has 4 rings (SSSR count). The van der Waals surface area contributed by atoms with E-state index in [9.17, 15) is 4.79 Å². The van der Waals surface area contributed by atoms with Crippen molar-refractivity contribution in [2.45, 2.75) is 45.6 Å². The third-order valence-corrected chi connectivity index (χ3v) is 7.06. The van der Waals surface area contributed by atoms with E-state index in [1.165, 1.54) is 0 Å². The minimum absolute atomic E-state index is 0.274. The number of nitrogens with one attached hydrogen (secondary N) is 2. The molecule has 1 atom stereocenters. The lowest BCUT2D eigenvalue weighted by Crippen LogP contribution is -2.38. The summed E-state index contributed by atoms with van der Waals surface area (Å²) in [6.07, 6.45) is 4.43. The molecule has 2 N–H and O–H groups in total. The van der Waals surface area contributed by atoms with Gasteiger partial charge in [-0.25, -0.2) is 4.79 Å². The molecule has 1 aromatic rings. The molecule has 0 radical (unpaired) electrons. The van der Waals surface area contributed by atoms with Crippen molar-refractivity contribution in [3.8, 4) is 0 Å². The van der Waals surface area contributed by atoms with Gasteiger partial charge in [0.2, 0.25) is 0 Å². The molecule has 33 heavy (non-hydrogen) atoms. The van der Waals surface area contributed by atoms with Crippen molar-refractivity contribution < 1.29 is 9.53 Å². The fourth-order valence-corrected chi connectivity index (χ4v) is 5.04. The van der Waals surface area contributed by atoms with Crippen LogP contribution in [0.25, 0.3) is 0 Å². The first kappa shape index (κ1) is 23.3. The smallest absolute Gasteiger partial charge is 0.415 e. The van der Waals surface area contributed by atoms with E-state index in [0.29, 0.717) is 30.8 Å². The Kier molecular flexibility index (Phi) is 7.62. The zero-order chi connectivity index (χ0) is 23.2. The number of likely N-dealkylation sites (tertiary alicyclic amines) is 2. The normalized spacial score (nSPS) is 21.3. The molecule has 1 amide bonds. The summed E-state index contributed by atoms with van der Waals surface area (Å²) in [6, 6.07) is 9.73. The molecule has 1 unspecified atom stereocenters. The highest BCUT2D eigenvalue weighted by molar-refractivity contribution is 5.96. The molecule has 1 aromatic carbocycles. The quantitative estimate of drug-likeness (QED) is 0.506. The molecule has 3 aliphatic heterocycles. The summed E-state index contributed by atoms with van der Waals surface area (Å²) in [4.78, 5) is 23.2. The minimum atomic E-state index is -0.316.